The number of hydrogen-bond donors (Lipinski definition) is 0. The van der Waals surface area contributed by atoms with Crippen molar-refractivity contribution in [2.24, 2.45) is 0 Å². The summed E-state index contributed by atoms with van der Waals surface area (Å²) in [6, 6.07) is 0. The molecule has 0 aliphatic carbocycles. The molecule has 0 aromatic heterocycles. The second kappa shape index (κ2) is 5.82. The van der Waals surface area contributed by atoms with Gasteiger partial charge in [-0.25, -0.2) is 0 Å². The molecule has 0 saturated carbocycles. The first kappa shape index (κ1) is 12.1. The van der Waals surface area contributed by atoms with Crippen molar-refractivity contribution >= 4 is 19.5 Å². The van der Waals surface area contributed by atoms with Crippen LogP contribution >= 0.6 is 0 Å². The molecule has 82 valence electrons. The quantitative estimate of drug-likeness (QED) is 0.449. The Bertz CT molecular complexity index is 184. The van der Waals surface area contributed by atoms with Gasteiger partial charge in [-0.3, -0.25) is 4.90 Å². The molecule has 0 atom stereocenters. The number of likely N-dealkylation sites (tertiary alicyclic amines) is 1. The average Bonchev–Trinajstić information content (AvgIpc) is 2.51. The van der Waals surface area contributed by atoms with E-state index in [1.54, 1.807) is 0 Å². The Hall–Kier alpha value is 0.0538. The van der Waals surface area contributed by atoms with Crippen LogP contribution in [-0.4, -0.2) is 56.5 Å². The Morgan fingerprint density at radius 1 is 1.43 bits per heavy atom. The molecule has 0 unspecified atom stereocenters. The maximum atomic E-state index is 5.48. The van der Waals surface area contributed by atoms with Crippen molar-refractivity contribution in [3.05, 3.63) is 12.7 Å². The van der Waals surface area contributed by atoms with Gasteiger partial charge < -0.3 is 8.85 Å². The van der Waals surface area contributed by atoms with E-state index in [4.69, 9.17) is 8.85 Å². The van der Waals surface area contributed by atoms with Crippen LogP contribution in [0.3, 0.4) is 0 Å². The molecule has 1 heterocycles. The minimum absolute atomic E-state index is 0.359. The van der Waals surface area contributed by atoms with Gasteiger partial charge in [0.15, 0.2) is 19.5 Å². The summed E-state index contributed by atoms with van der Waals surface area (Å²) in [6.45, 7) is 6.00. The molecule has 0 radical (unpaired) electrons. The van der Waals surface area contributed by atoms with Gasteiger partial charge in [-0.15, -0.1) is 6.58 Å². The van der Waals surface area contributed by atoms with Crippen LogP contribution in [0.25, 0.3) is 0 Å². The van der Waals surface area contributed by atoms with Crippen LogP contribution in [0.5, 0.6) is 0 Å². The van der Waals surface area contributed by atoms with Crippen LogP contribution in [0.2, 0.25) is 0 Å². The highest BCUT2D eigenvalue weighted by Crippen LogP contribution is 2.27. The lowest BCUT2D eigenvalue weighted by atomic mass is 10.4. The van der Waals surface area contributed by atoms with Gasteiger partial charge in [-0.2, -0.15) is 0 Å². The van der Waals surface area contributed by atoms with Crippen molar-refractivity contribution in [1.82, 2.24) is 4.90 Å². The average molecular weight is 231 g/mol. The molecule has 0 amide bonds. The molecule has 0 bridgehead atoms. The molecule has 1 saturated heterocycles. The van der Waals surface area contributed by atoms with E-state index < -0.39 is 19.5 Å². The zero-order valence-corrected chi connectivity index (χ0v) is 12.1. The molecule has 1 rings (SSSR count). The predicted molar refractivity (Wildman–Crippen MR) is 64.8 cm³/mol. The van der Waals surface area contributed by atoms with Gasteiger partial charge >= 0.3 is 0 Å². The molecule has 5 heteroatoms. The van der Waals surface area contributed by atoms with Crippen LogP contribution in [-0.2, 0) is 8.85 Å². The Morgan fingerprint density at radius 3 is 2.57 bits per heavy atom. The summed E-state index contributed by atoms with van der Waals surface area (Å²) >= 11 is 0. The van der Waals surface area contributed by atoms with Crippen molar-refractivity contribution in [1.29, 1.82) is 0 Å². The summed E-state index contributed by atoms with van der Waals surface area (Å²) in [5.74, 6) is 0. The van der Waals surface area contributed by atoms with Gasteiger partial charge in [0.2, 0.25) is 0 Å². The normalized spacial score (nSPS) is 29.9. The molecule has 0 N–H and O–H groups in total. The van der Waals surface area contributed by atoms with E-state index in [1.807, 2.05) is 20.3 Å². The number of rotatable bonds is 6. The van der Waals surface area contributed by atoms with Gasteiger partial charge in [0.25, 0.3) is 0 Å². The van der Waals surface area contributed by atoms with Crippen molar-refractivity contribution in [3.63, 3.8) is 0 Å². The Morgan fingerprint density at radius 2 is 2.07 bits per heavy atom. The highest BCUT2D eigenvalue weighted by Gasteiger charge is 2.41. The second-order valence-electron chi connectivity index (χ2n) is 3.93. The first-order chi connectivity index (χ1) is 6.79. The largest absolute Gasteiger partial charge is 0.426 e. The third-order valence-electron chi connectivity index (χ3n) is 2.92. The van der Waals surface area contributed by atoms with Crippen LogP contribution in [0.15, 0.2) is 12.7 Å². The third-order valence-corrected chi connectivity index (χ3v) is 7.39. The molecule has 1 fully saturated rings. The van der Waals surface area contributed by atoms with Crippen molar-refractivity contribution in [2.75, 3.05) is 27.3 Å². The third kappa shape index (κ3) is 2.55. The molecule has 1 aliphatic rings. The fraction of sp³-hybridized carbons (Fsp3) is 0.778. The molecule has 14 heavy (non-hydrogen) atoms. The first-order valence-corrected chi connectivity index (χ1v) is 7.70. The maximum absolute atomic E-state index is 5.48. The second-order valence-corrected chi connectivity index (χ2v) is 9.29. The number of nitrogens with zero attached hydrogens (tertiary/aromatic N) is 1. The van der Waals surface area contributed by atoms with Gasteiger partial charge in [-0.05, 0) is 19.4 Å². The van der Waals surface area contributed by atoms with E-state index >= 15 is 0 Å². The van der Waals surface area contributed by atoms with E-state index in [0.717, 1.165) is 6.54 Å². The standard InChI is InChI=1S/C9H21NO2Si2/c1-4-7-10-8-5-6-9(10,13-11-2)14-12-3/h4H,1,5-8,13-14H2,2-3H3. The van der Waals surface area contributed by atoms with E-state index in [9.17, 15) is 0 Å². The summed E-state index contributed by atoms with van der Waals surface area (Å²) in [5.41, 5.74) is 0. The first-order valence-electron chi connectivity index (χ1n) is 5.13. The zero-order valence-electron chi connectivity index (χ0n) is 9.29. The Balaban J connectivity index is 2.66. The monoisotopic (exact) mass is 231 g/mol. The maximum Gasteiger partial charge on any atom is 0.180 e. The number of hydrogen-bond acceptors (Lipinski definition) is 3. The fourth-order valence-electron chi connectivity index (χ4n) is 2.34. The summed E-state index contributed by atoms with van der Waals surface area (Å²) in [4.78, 5) is 2.89. The smallest absolute Gasteiger partial charge is 0.180 e. The van der Waals surface area contributed by atoms with E-state index in [2.05, 4.69) is 11.5 Å². The van der Waals surface area contributed by atoms with E-state index in [1.165, 1.54) is 19.4 Å². The van der Waals surface area contributed by atoms with Crippen LogP contribution in [0, 0.1) is 0 Å². The summed E-state index contributed by atoms with van der Waals surface area (Å²) in [5, 5.41) is 0. The fourth-order valence-corrected chi connectivity index (χ4v) is 6.70. The molecular formula is C9H21NO2Si2. The van der Waals surface area contributed by atoms with Crippen molar-refractivity contribution in [3.8, 4) is 0 Å². The highest BCUT2D eigenvalue weighted by atomic mass is 28.3. The summed E-state index contributed by atoms with van der Waals surface area (Å²) in [6.07, 6.45) is 4.57. The van der Waals surface area contributed by atoms with Gasteiger partial charge in [0.05, 0.1) is 0 Å². The minimum atomic E-state index is -0.473. The molecule has 3 nitrogen and oxygen atoms in total. The topological polar surface area (TPSA) is 21.7 Å². The summed E-state index contributed by atoms with van der Waals surface area (Å²) in [7, 11) is 2.73. The Kier molecular flexibility index (Phi) is 5.04. The predicted octanol–water partition coefficient (Wildman–Crippen LogP) is -0.618. The lowest BCUT2D eigenvalue weighted by molar-refractivity contribution is 0.258. The lowest BCUT2D eigenvalue weighted by Gasteiger charge is -2.35. The highest BCUT2D eigenvalue weighted by molar-refractivity contribution is 6.55. The molecule has 0 aromatic carbocycles. The van der Waals surface area contributed by atoms with Gasteiger partial charge in [0.1, 0.15) is 0 Å². The van der Waals surface area contributed by atoms with Gasteiger partial charge in [0, 0.05) is 25.5 Å². The molecule has 0 spiro atoms. The van der Waals surface area contributed by atoms with Crippen LogP contribution in [0.1, 0.15) is 12.8 Å². The molecular weight excluding hydrogens is 210 g/mol. The Labute approximate surface area is 91.3 Å². The lowest BCUT2D eigenvalue weighted by Crippen LogP contribution is -2.55. The zero-order chi connectivity index (χ0) is 10.4. The van der Waals surface area contributed by atoms with E-state index in [0.29, 0.717) is 4.79 Å². The van der Waals surface area contributed by atoms with Crippen LogP contribution < -0.4 is 0 Å². The minimum Gasteiger partial charge on any atom is -0.426 e. The summed E-state index contributed by atoms with van der Waals surface area (Å²) < 4.78 is 11.0. The van der Waals surface area contributed by atoms with Crippen LogP contribution in [0.4, 0.5) is 0 Å². The molecule has 1 aliphatic heterocycles. The van der Waals surface area contributed by atoms with Gasteiger partial charge in [-0.1, -0.05) is 6.08 Å². The van der Waals surface area contributed by atoms with Crippen molar-refractivity contribution < 1.29 is 8.85 Å². The SMILES string of the molecule is C=CCN1CCCC1([SiH2]OC)[SiH2]OC. The molecule has 0 aromatic rings. The van der Waals surface area contributed by atoms with Crippen molar-refractivity contribution in [2.45, 2.75) is 17.6 Å². The van der Waals surface area contributed by atoms with E-state index in [-0.39, 0.29) is 0 Å².